The highest BCUT2D eigenvalue weighted by molar-refractivity contribution is 7.11. The zero-order valence-electron chi connectivity index (χ0n) is 11.1. The van der Waals surface area contributed by atoms with Gasteiger partial charge in [-0.05, 0) is 19.1 Å². The molecule has 6 heteroatoms. The highest BCUT2D eigenvalue weighted by Crippen LogP contribution is 2.31. The number of thiazole rings is 1. The minimum absolute atomic E-state index is 0.128. The predicted molar refractivity (Wildman–Crippen MR) is 78.4 cm³/mol. The van der Waals surface area contributed by atoms with E-state index in [4.69, 9.17) is 4.74 Å². The van der Waals surface area contributed by atoms with Crippen molar-refractivity contribution in [2.45, 2.75) is 13.5 Å². The van der Waals surface area contributed by atoms with Gasteiger partial charge in [-0.2, -0.15) is 0 Å². The van der Waals surface area contributed by atoms with Crippen LogP contribution in [0.25, 0.3) is 0 Å². The van der Waals surface area contributed by atoms with Crippen LogP contribution >= 0.6 is 11.3 Å². The summed E-state index contributed by atoms with van der Waals surface area (Å²) < 4.78 is 5.60. The summed E-state index contributed by atoms with van der Waals surface area (Å²) in [6, 6.07) is 5.54. The molecule has 0 atom stereocenters. The van der Waals surface area contributed by atoms with Crippen LogP contribution in [-0.2, 0) is 6.54 Å². The summed E-state index contributed by atoms with van der Waals surface area (Å²) in [5.41, 5.74) is 1.44. The number of benzene rings is 1. The van der Waals surface area contributed by atoms with Crippen LogP contribution in [0.2, 0.25) is 0 Å². The maximum atomic E-state index is 12.3. The monoisotopic (exact) mass is 289 g/mol. The van der Waals surface area contributed by atoms with Crippen molar-refractivity contribution >= 4 is 22.9 Å². The van der Waals surface area contributed by atoms with Gasteiger partial charge in [-0.15, -0.1) is 11.3 Å². The number of fused-ring (bicyclic) bond motifs is 1. The number of hydrogen-bond acceptors (Lipinski definition) is 5. The van der Waals surface area contributed by atoms with Crippen LogP contribution in [0.5, 0.6) is 5.75 Å². The van der Waals surface area contributed by atoms with Crippen molar-refractivity contribution in [1.29, 1.82) is 0 Å². The molecule has 0 aliphatic carbocycles. The first-order chi connectivity index (χ1) is 9.74. The number of carbonyl (C=O) groups excluding carboxylic acids is 1. The van der Waals surface area contributed by atoms with Crippen molar-refractivity contribution in [3.05, 3.63) is 39.8 Å². The highest BCUT2D eigenvalue weighted by atomic mass is 32.1. The van der Waals surface area contributed by atoms with Gasteiger partial charge in [0.05, 0.1) is 22.8 Å². The van der Waals surface area contributed by atoms with E-state index in [1.807, 2.05) is 19.1 Å². The molecule has 0 radical (unpaired) electrons. The minimum atomic E-state index is -0.128. The molecule has 2 aromatic rings. The summed E-state index contributed by atoms with van der Waals surface area (Å²) in [6.07, 6.45) is 1.79. The fourth-order valence-corrected chi connectivity index (χ4v) is 2.83. The summed E-state index contributed by atoms with van der Waals surface area (Å²) in [7, 11) is 0. The molecule has 0 saturated heterocycles. The highest BCUT2D eigenvalue weighted by Gasteiger charge is 2.18. The number of ether oxygens (including phenoxy) is 1. The van der Waals surface area contributed by atoms with Gasteiger partial charge in [0, 0.05) is 17.6 Å². The Morgan fingerprint density at radius 1 is 1.55 bits per heavy atom. The third-order valence-corrected chi connectivity index (χ3v) is 3.93. The molecule has 5 nitrogen and oxygen atoms in total. The molecule has 1 amide bonds. The molecule has 1 aromatic heterocycles. The van der Waals surface area contributed by atoms with Crippen LogP contribution in [0.15, 0.2) is 24.4 Å². The van der Waals surface area contributed by atoms with Crippen molar-refractivity contribution in [1.82, 2.24) is 10.3 Å². The van der Waals surface area contributed by atoms with E-state index in [-0.39, 0.29) is 5.91 Å². The molecule has 0 unspecified atom stereocenters. The van der Waals surface area contributed by atoms with Gasteiger partial charge in [0.2, 0.25) is 0 Å². The molecule has 1 aromatic carbocycles. The number of amides is 1. The lowest BCUT2D eigenvalue weighted by Crippen LogP contribution is -2.25. The third-order valence-electron chi connectivity index (χ3n) is 3.02. The summed E-state index contributed by atoms with van der Waals surface area (Å²) in [6.45, 7) is 3.77. The largest absolute Gasteiger partial charge is 0.489 e. The number of carbonyl (C=O) groups is 1. The second kappa shape index (κ2) is 5.50. The number of anilines is 1. The van der Waals surface area contributed by atoms with E-state index < -0.39 is 0 Å². The average Bonchev–Trinajstić information content (AvgIpc) is 2.90. The Morgan fingerprint density at radius 3 is 3.25 bits per heavy atom. The number of para-hydroxylation sites is 1. The number of nitrogens with one attached hydrogen (secondary N) is 2. The number of nitrogens with zero attached hydrogens (tertiary/aromatic N) is 1. The van der Waals surface area contributed by atoms with Gasteiger partial charge < -0.3 is 15.4 Å². The number of hydrogen-bond donors (Lipinski definition) is 2. The molecule has 0 saturated carbocycles. The van der Waals surface area contributed by atoms with Gasteiger partial charge in [-0.1, -0.05) is 6.07 Å². The molecule has 1 aliphatic heterocycles. The summed E-state index contributed by atoms with van der Waals surface area (Å²) in [5, 5.41) is 7.12. The van der Waals surface area contributed by atoms with Gasteiger partial charge in [0.25, 0.3) is 5.91 Å². The van der Waals surface area contributed by atoms with E-state index in [1.165, 1.54) is 0 Å². The SMILES string of the molecule is Cc1ncc(CNC(=O)c2cccc3c2OCCN3)s1. The molecular weight excluding hydrogens is 274 g/mol. The normalized spacial score (nSPS) is 13.1. The van der Waals surface area contributed by atoms with Crippen LogP contribution in [0.1, 0.15) is 20.2 Å². The van der Waals surface area contributed by atoms with Crippen LogP contribution < -0.4 is 15.4 Å². The van der Waals surface area contributed by atoms with E-state index in [2.05, 4.69) is 15.6 Å². The standard InChI is InChI=1S/C14H15N3O2S/c1-9-16-7-10(20-9)8-17-14(18)11-3-2-4-12-13(11)19-6-5-15-12/h2-4,7,15H,5-6,8H2,1H3,(H,17,18). The first-order valence-corrected chi connectivity index (χ1v) is 7.25. The molecule has 2 N–H and O–H groups in total. The average molecular weight is 289 g/mol. The van der Waals surface area contributed by atoms with Crippen molar-refractivity contribution < 1.29 is 9.53 Å². The Hall–Kier alpha value is -2.08. The van der Waals surface area contributed by atoms with Gasteiger partial charge in [-0.25, -0.2) is 4.98 Å². The van der Waals surface area contributed by atoms with Crippen LogP contribution in [-0.4, -0.2) is 24.0 Å². The Kier molecular flexibility index (Phi) is 3.56. The number of rotatable bonds is 3. The van der Waals surface area contributed by atoms with Crippen LogP contribution in [0.3, 0.4) is 0 Å². The molecule has 3 rings (SSSR count). The Morgan fingerprint density at radius 2 is 2.45 bits per heavy atom. The van der Waals surface area contributed by atoms with Gasteiger partial charge in [0.15, 0.2) is 5.75 Å². The smallest absolute Gasteiger partial charge is 0.255 e. The lowest BCUT2D eigenvalue weighted by atomic mass is 10.1. The maximum absolute atomic E-state index is 12.3. The van der Waals surface area contributed by atoms with Gasteiger partial charge in [-0.3, -0.25) is 4.79 Å². The fourth-order valence-electron chi connectivity index (χ4n) is 2.10. The molecular formula is C14H15N3O2S. The molecule has 0 fully saturated rings. The fraction of sp³-hybridized carbons (Fsp3) is 0.286. The first kappa shape index (κ1) is 12.9. The molecule has 1 aliphatic rings. The molecule has 104 valence electrons. The molecule has 2 heterocycles. The quantitative estimate of drug-likeness (QED) is 0.909. The van der Waals surface area contributed by atoms with Crippen molar-refractivity contribution in [3.63, 3.8) is 0 Å². The van der Waals surface area contributed by atoms with E-state index in [0.29, 0.717) is 24.5 Å². The Labute approximate surface area is 121 Å². The maximum Gasteiger partial charge on any atom is 0.255 e. The zero-order chi connectivity index (χ0) is 13.9. The molecule has 20 heavy (non-hydrogen) atoms. The first-order valence-electron chi connectivity index (χ1n) is 6.43. The topological polar surface area (TPSA) is 63.2 Å². The summed E-state index contributed by atoms with van der Waals surface area (Å²) in [5.74, 6) is 0.508. The second-order valence-corrected chi connectivity index (χ2v) is 5.81. The van der Waals surface area contributed by atoms with E-state index >= 15 is 0 Å². The van der Waals surface area contributed by atoms with Crippen LogP contribution in [0, 0.1) is 6.92 Å². The number of aromatic nitrogens is 1. The van der Waals surface area contributed by atoms with Crippen molar-refractivity contribution in [2.24, 2.45) is 0 Å². The van der Waals surface area contributed by atoms with Crippen molar-refractivity contribution in [3.8, 4) is 5.75 Å². The number of aryl methyl sites for hydroxylation is 1. The van der Waals surface area contributed by atoms with E-state index in [1.54, 1.807) is 23.6 Å². The van der Waals surface area contributed by atoms with Gasteiger partial charge >= 0.3 is 0 Å². The lowest BCUT2D eigenvalue weighted by Gasteiger charge is -2.21. The van der Waals surface area contributed by atoms with Crippen LogP contribution in [0.4, 0.5) is 5.69 Å². The summed E-state index contributed by atoms with van der Waals surface area (Å²) in [4.78, 5) is 17.5. The van der Waals surface area contributed by atoms with E-state index in [9.17, 15) is 4.79 Å². The molecule has 0 bridgehead atoms. The van der Waals surface area contributed by atoms with Gasteiger partial charge in [0.1, 0.15) is 6.61 Å². The van der Waals surface area contributed by atoms with E-state index in [0.717, 1.165) is 22.1 Å². The summed E-state index contributed by atoms with van der Waals surface area (Å²) >= 11 is 1.58. The van der Waals surface area contributed by atoms with Crippen molar-refractivity contribution in [2.75, 3.05) is 18.5 Å². The molecule has 0 spiro atoms. The third kappa shape index (κ3) is 2.60. The Bertz CT molecular complexity index is 639. The zero-order valence-corrected chi connectivity index (χ0v) is 11.9. The Balaban J connectivity index is 1.74. The lowest BCUT2D eigenvalue weighted by molar-refractivity contribution is 0.0947. The predicted octanol–water partition coefficient (Wildman–Crippen LogP) is 2.19. The second-order valence-electron chi connectivity index (χ2n) is 4.49. The minimum Gasteiger partial charge on any atom is -0.489 e.